The molecule has 1 aromatic heterocycles. The Balaban J connectivity index is 1.49. The normalized spacial score (nSPS) is 10.7. The van der Waals surface area contributed by atoms with E-state index in [4.69, 9.17) is 4.74 Å². The molecule has 1 heterocycles. The second kappa shape index (κ2) is 12.1. The zero-order chi connectivity index (χ0) is 26.4. The quantitative estimate of drug-likeness (QED) is 0.260. The van der Waals surface area contributed by atoms with Crippen LogP contribution in [0, 0.1) is 13.8 Å². The van der Waals surface area contributed by atoms with Crippen molar-refractivity contribution >= 4 is 45.2 Å². The Morgan fingerprint density at radius 2 is 1.73 bits per heavy atom. The molecule has 8 nitrogen and oxygen atoms in total. The monoisotopic (exact) mass is 579 g/mol. The van der Waals surface area contributed by atoms with Gasteiger partial charge in [0.1, 0.15) is 5.75 Å². The lowest BCUT2D eigenvalue weighted by molar-refractivity contribution is -0.113. The number of anilines is 1. The number of carbonyl (C=O) groups is 2. The lowest BCUT2D eigenvalue weighted by Crippen LogP contribution is -2.24. The Morgan fingerprint density at radius 1 is 1.00 bits per heavy atom. The van der Waals surface area contributed by atoms with E-state index in [1.54, 1.807) is 31.4 Å². The molecule has 0 saturated carbocycles. The van der Waals surface area contributed by atoms with Crippen LogP contribution in [0.3, 0.4) is 0 Å². The number of aromatic nitrogens is 3. The summed E-state index contributed by atoms with van der Waals surface area (Å²) in [4.78, 5) is 25.4. The Kier molecular flexibility index (Phi) is 8.62. The predicted octanol–water partition coefficient (Wildman–Crippen LogP) is 5.32. The molecule has 0 aliphatic carbocycles. The summed E-state index contributed by atoms with van der Waals surface area (Å²) >= 11 is 4.74. The largest absolute Gasteiger partial charge is 0.497 e. The van der Waals surface area contributed by atoms with Crippen molar-refractivity contribution in [2.45, 2.75) is 25.5 Å². The maximum Gasteiger partial charge on any atom is 0.251 e. The summed E-state index contributed by atoms with van der Waals surface area (Å²) in [6.45, 7) is 4.14. The van der Waals surface area contributed by atoms with Gasteiger partial charge in [0.05, 0.1) is 19.4 Å². The third-order valence-electron chi connectivity index (χ3n) is 5.53. The van der Waals surface area contributed by atoms with Crippen LogP contribution >= 0.6 is 27.7 Å². The second-order valence-corrected chi connectivity index (χ2v) is 10.1. The Bertz CT molecular complexity index is 1400. The number of rotatable bonds is 9. The number of amides is 2. The van der Waals surface area contributed by atoms with Gasteiger partial charge < -0.3 is 15.4 Å². The molecule has 2 N–H and O–H groups in total. The molecule has 4 rings (SSSR count). The zero-order valence-electron chi connectivity index (χ0n) is 20.6. The van der Waals surface area contributed by atoms with Crippen molar-refractivity contribution in [2.75, 3.05) is 18.2 Å². The van der Waals surface area contributed by atoms with Gasteiger partial charge in [-0.15, -0.1) is 10.2 Å². The van der Waals surface area contributed by atoms with E-state index in [1.807, 2.05) is 60.9 Å². The average Bonchev–Trinajstić information content (AvgIpc) is 3.31. The molecular formula is C27H26BrN5O3S. The van der Waals surface area contributed by atoms with E-state index in [2.05, 4.69) is 36.8 Å². The number of nitrogens with zero attached hydrogens (tertiary/aromatic N) is 3. The average molecular weight is 581 g/mol. The molecule has 0 spiro atoms. The van der Waals surface area contributed by atoms with E-state index in [-0.39, 0.29) is 24.1 Å². The summed E-state index contributed by atoms with van der Waals surface area (Å²) in [6.07, 6.45) is 0. The highest BCUT2D eigenvalue weighted by atomic mass is 79.9. The molecule has 37 heavy (non-hydrogen) atoms. The van der Waals surface area contributed by atoms with Crippen LogP contribution in [-0.4, -0.2) is 39.4 Å². The van der Waals surface area contributed by atoms with Gasteiger partial charge in [-0.1, -0.05) is 45.4 Å². The van der Waals surface area contributed by atoms with Gasteiger partial charge in [-0.05, 0) is 74.0 Å². The van der Waals surface area contributed by atoms with Crippen LogP contribution < -0.4 is 15.4 Å². The van der Waals surface area contributed by atoms with E-state index in [1.165, 1.54) is 11.8 Å². The van der Waals surface area contributed by atoms with E-state index in [0.29, 0.717) is 22.3 Å². The van der Waals surface area contributed by atoms with Crippen molar-refractivity contribution in [3.05, 3.63) is 93.7 Å². The van der Waals surface area contributed by atoms with Gasteiger partial charge in [-0.25, -0.2) is 0 Å². The standard InChI is InChI=1S/C27H26BrN5O3S/c1-17-4-13-23(18(2)14-17)30-25(34)16-37-27-32-31-24(33(27)21-9-7-20(28)8-10-21)15-29-26(35)19-5-11-22(36-3)12-6-19/h4-14H,15-16H2,1-3H3,(H,29,35)(H,30,34). The Labute approximate surface area is 228 Å². The van der Waals surface area contributed by atoms with Crippen molar-refractivity contribution in [1.29, 1.82) is 0 Å². The first-order valence-electron chi connectivity index (χ1n) is 11.5. The van der Waals surface area contributed by atoms with Crippen molar-refractivity contribution in [1.82, 2.24) is 20.1 Å². The first-order valence-corrected chi connectivity index (χ1v) is 13.2. The van der Waals surface area contributed by atoms with E-state index < -0.39 is 0 Å². The van der Waals surface area contributed by atoms with Gasteiger partial charge in [-0.3, -0.25) is 14.2 Å². The van der Waals surface area contributed by atoms with E-state index in [9.17, 15) is 9.59 Å². The predicted molar refractivity (Wildman–Crippen MR) is 148 cm³/mol. The minimum Gasteiger partial charge on any atom is -0.497 e. The molecule has 0 aliphatic heterocycles. The van der Waals surface area contributed by atoms with Gasteiger partial charge in [0.2, 0.25) is 5.91 Å². The van der Waals surface area contributed by atoms with Crippen LogP contribution in [0.4, 0.5) is 5.69 Å². The Morgan fingerprint density at radius 3 is 2.41 bits per heavy atom. The summed E-state index contributed by atoms with van der Waals surface area (Å²) in [6, 6.07) is 20.4. The van der Waals surface area contributed by atoms with E-state index >= 15 is 0 Å². The first-order chi connectivity index (χ1) is 17.8. The topological polar surface area (TPSA) is 98.1 Å². The Hall–Kier alpha value is -3.63. The second-order valence-electron chi connectivity index (χ2n) is 8.28. The fraction of sp³-hybridized carbons (Fsp3) is 0.185. The lowest BCUT2D eigenvalue weighted by Gasteiger charge is -2.12. The molecule has 4 aromatic rings. The van der Waals surface area contributed by atoms with Crippen LogP contribution in [0.1, 0.15) is 27.3 Å². The highest BCUT2D eigenvalue weighted by molar-refractivity contribution is 9.10. The van der Waals surface area contributed by atoms with Gasteiger partial charge >= 0.3 is 0 Å². The maximum atomic E-state index is 12.7. The van der Waals surface area contributed by atoms with Gasteiger partial charge in [0.25, 0.3) is 5.91 Å². The number of aryl methyl sites for hydroxylation is 2. The molecule has 10 heteroatoms. The van der Waals surface area contributed by atoms with Crippen molar-refractivity contribution < 1.29 is 14.3 Å². The fourth-order valence-corrected chi connectivity index (χ4v) is 4.67. The van der Waals surface area contributed by atoms with Gasteiger partial charge in [0.15, 0.2) is 11.0 Å². The zero-order valence-corrected chi connectivity index (χ0v) is 23.0. The maximum absolute atomic E-state index is 12.7. The number of benzene rings is 3. The van der Waals surface area contributed by atoms with Crippen LogP contribution in [-0.2, 0) is 11.3 Å². The highest BCUT2D eigenvalue weighted by Crippen LogP contribution is 2.24. The number of hydrogen-bond acceptors (Lipinski definition) is 6. The molecular weight excluding hydrogens is 554 g/mol. The molecule has 0 fully saturated rings. The number of ether oxygens (including phenoxy) is 1. The first kappa shape index (κ1) is 26.4. The van der Waals surface area contributed by atoms with Crippen LogP contribution in [0.2, 0.25) is 0 Å². The third-order valence-corrected chi connectivity index (χ3v) is 6.99. The summed E-state index contributed by atoms with van der Waals surface area (Å²) in [5.41, 5.74) is 4.25. The number of carbonyl (C=O) groups excluding carboxylic acids is 2. The lowest BCUT2D eigenvalue weighted by atomic mass is 10.1. The number of thioether (sulfide) groups is 1. The molecule has 0 atom stereocenters. The van der Waals surface area contributed by atoms with Gasteiger partial charge in [0, 0.05) is 21.4 Å². The van der Waals surface area contributed by atoms with Crippen molar-refractivity contribution in [3.8, 4) is 11.4 Å². The highest BCUT2D eigenvalue weighted by Gasteiger charge is 2.17. The van der Waals surface area contributed by atoms with Crippen LogP contribution in [0.5, 0.6) is 5.75 Å². The van der Waals surface area contributed by atoms with Gasteiger partial charge in [-0.2, -0.15) is 0 Å². The van der Waals surface area contributed by atoms with E-state index in [0.717, 1.165) is 27.0 Å². The minimum atomic E-state index is -0.241. The summed E-state index contributed by atoms with van der Waals surface area (Å²) in [7, 11) is 1.58. The minimum absolute atomic E-state index is 0.142. The molecule has 3 aromatic carbocycles. The molecule has 0 aliphatic rings. The smallest absolute Gasteiger partial charge is 0.251 e. The molecule has 0 bridgehead atoms. The molecule has 0 radical (unpaired) electrons. The van der Waals surface area contributed by atoms with Crippen molar-refractivity contribution in [3.63, 3.8) is 0 Å². The number of halogens is 1. The third kappa shape index (κ3) is 6.78. The van der Waals surface area contributed by atoms with Crippen LogP contribution in [0.25, 0.3) is 5.69 Å². The number of nitrogens with one attached hydrogen (secondary N) is 2. The summed E-state index contributed by atoms with van der Waals surface area (Å²) in [5, 5.41) is 15.0. The van der Waals surface area contributed by atoms with Crippen LogP contribution in [0.15, 0.2) is 76.4 Å². The SMILES string of the molecule is COc1ccc(C(=O)NCc2nnc(SCC(=O)Nc3ccc(C)cc3C)n2-c2ccc(Br)cc2)cc1. The number of methoxy groups -OCH3 is 1. The number of hydrogen-bond donors (Lipinski definition) is 2. The molecule has 2 amide bonds. The van der Waals surface area contributed by atoms with Crippen molar-refractivity contribution in [2.24, 2.45) is 0 Å². The summed E-state index contributed by atoms with van der Waals surface area (Å²) < 4.78 is 7.92. The summed E-state index contributed by atoms with van der Waals surface area (Å²) in [5.74, 6) is 0.989. The molecule has 190 valence electrons. The fourth-order valence-electron chi connectivity index (χ4n) is 3.63. The molecule has 0 unspecified atom stereocenters. The molecule has 0 saturated heterocycles.